The summed E-state index contributed by atoms with van der Waals surface area (Å²) in [7, 11) is 0. The molecule has 5 heteroatoms. The van der Waals surface area contributed by atoms with Gasteiger partial charge < -0.3 is 4.42 Å². The van der Waals surface area contributed by atoms with Crippen LogP contribution in [0.4, 0.5) is 13.2 Å². The van der Waals surface area contributed by atoms with Crippen molar-refractivity contribution in [1.29, 1.82) is 0 Å². The second-order valence-corrected chi connectivity index (χ2v) is 4.03. The molecule has 1 aromatic heterocycles. The molecule has 0 radical (unpaired) electrons. The van der Waals surface area contributed by atoms with Crippen LogP contribution in [0.5, 0.6) is 0 Å². The van der Waals surface area contributed by atoms with Crippen molar-refractivity contribution in [3.05, 3.63) is 18.1 Å². The van der Waals surface area contributed by atoms with Crippen molar-refractivity contribution >= 4 is 11.8 Å². The average Bonchev–Trinajstić information content (AvgIpc) is 2.31. The fourth-order valence-electron chi connectivity index (χ4n) is 0.824. The Hall–Kier alpha value is -0.580. The Kier molecular flexibility index (Phi) is 2.95. The molecule has 0 aromatic carbocycles. The lowest BCUT2D eigenvalue weighted by Crippen LogP contribution is -1.97. The number of alkyl halides is 3. The van der Waals surface area contributed by atoms with Crippen molar-refractivity contribution in [3.8, 4) is 0 Å². The van der Waals surface area contributed by atoms with Crippen LogP contribution in [-0.2, 0) is 0 Å². The van der Waals surface area contributed by atoms with Gasteiger partial charge in [0.05, 0.1) is 4.90 Å². The topological polar surface area (TPSA) is 13.1 Å². The van der Waals surface area contributed by atoms with Gasteiger partial charge in [0.25, 0.3) is 0 Å². The molecule has 0 spiro atoms. The van der Waals surface area contributed by atoms with Crippen molar-refractivity contribution in [2.45, 2.75) is 30.2 Å². The zero-order valence-corrected chi connectivity index (χ0v) is 8.00. The van der Waals surface area contributed by atoms with Crippen LogP contribution in [0, 0.1) is 0 Å². The zero-order chi connectivity index (χ0) is 10.1. The minimum atomic E-state index is -4.24. The number of thioether (sulfide) groups is 1. The molecule has 1 rings (SSSR count). The molecule has 0 saturated carbocycles. The zero-order valence-electron chi connectivity index (χ0n) is 7.18. The van der Waals surface area contributed by atoms with Crippen LogP contribution >= 0.6 is 11.8 Å². The summed E-state index contributed by atoms with van der Waals surface area (Å²) in [4.78, 5) is 0.108. The minimum Gasteiger partial charge on any atom is -0.468 e. The summed E-state index contributed by atoms with van der Waals surface area (Å²) in [5.74, 6) is 0.689. The number of hydrogen-bond acceptors (Lipinski definition) is 2. The normalized spacial score (nSPS) is 12.5. The van der Waals surface area contributed by atoms with Gasteiger partial charge in [-0.25, -0.2) is 0 Å². The van der Waals surface area contributed by atoms with Crippen LogP contribution in [0.2, 0.25) is 0 Å². The van der Waals surface area contributed by atoms with Gasteiger partial charge in [-0.15, -0.1) is 0 Å². The predicted octanol–water partition coefficient (Wildman–Crippen LogP) is 4.01. The van der Waals surface area contributed by atoms with E-state index in [0.29, 0.717) is 5.76 Å². The van der Waals surface area contributed by atoms with E-state index in [4.69, 9.17) is 4.42 Å². The van der Waals surface area contributed by atoms with Crippen LogP contribution in [-0.4, -0.2) is 5.51 Å². The van der Waals surface area contributed by atoms with Gasteiger partial charge in [0.2, 0.25) is 0 Å². The van der Waals surface area contributed by atoms with Gasteiger partial charge in [-0.05, 0) is 17.8 Å². The lowest BCUT2D eigenvalue weighted by molar-refractivity contribution is -0.0328. The summed E-state index contributed by atoms with van der Waals surface area (Å²) in [5, 5.41) is 0. The van der Waals surface area contributed by atoms with E-state index in [1.807, 2.05) is 13.8 Å². The Morgan fingerprint density at radius 3 is 2.38 bits per heavy atom. The fourth-order valence-corrected chi connectivity index (χ4v) is 1.36. The smallest absolute Gasteiger partial charge is 0.446 e. The summed E-state index contributed by atoms with van der Waals surface area (Å²) in [6.07, 6.45) is 1.13. The number of hydrogen-bond donors (Lipinski definition) is 0. The minimum absolute atomic E-state index is 0.108. The third kappa shape index (κ3) is 3.34. The highest BCUT2D eigenvalue weighted by molar-refractivity contribution is 8.00. The summed E-state index contributed by atoms with van der Waals surface area (Å²) in [6.45, 7) is 3.72. The number of halogens is 3. The van der Waals surface area contributed by atoms with Crippen molar-refractivity contribution in [1.82, 2.24) is 0 Å². The van der Waals surface area contributed by atoms with E-state index in [1.54, 1.807) is 0 Å². The van der Waals surface area contributed by atoms with Gasteiger partial charge in [-0.3, -0.25) is 0 Å². The monoisotopic (exact) mass is 210 g/mol. The molecule has 0 aliphatic heterocycles. The van der Waals surface area contributed by atoms with Crippen LogP contribution < -0.4 is 0 Å². The first-order valence-electron chi connectivity index (χ1n) is 3.72. The molecular weight excluding hydrogens is 201 g/mol. The van der Waals surface area contributed by atoms with Crippen molar-refractivity contribution in [2.75, 3.05) is 0 Å². The fraction of sp³-hybridized carbons (Fsp3) is 0.500. The first-order valence-corrected chi connectivity index (χ1v) is 4.54. The summed E-state index contributed by atoms with van der Waals surface area (Å²) < 4.78 is 40.6. The summed E-state index contributed by atoms with van der Waals surface area (Å²) in [5.41, 5.74) is -4.24. The molecule has 0 atom stereocenters. The largest absolute Gasteiger partial charge is 0.468 e. The van der Waals surface area contributed by atoms with Gasteiger partial charge in [-0.1, -0.05) is 13.8 Å². The maximum absolute atomic E-state index is 11.9. The highest BCUT2D eigenvalue weighted by Crippen LogP contribution is 2.38. The highest BCUT2D eigenvalue weighted by Gasteiger charge is 2.30. The third-order valence-electron chi connectivity index (χ3n) is 1.40. The Labute approximate surface area is 78.3 Å². The molecule has 0 unspecified atom stereocenters. The van der Waals surface area contributed by atoms with E-state index in [0.717, 1.165) is 6.26 Å². The van der Waals surface area contributed by atoms with E-state index in [1.165, 1.54) is 6.07 Å². The Balaban J connectivity index is 2.70. The lowest BCUT2D eigenvalue weighted by atomic mass is 10.2. The first kappa shape index (κ1) is 10.5. The molecule has 0 saturated heterocycles. The van der Waals surface area contributed by atoms with Gasteiger partial charge in [0, 0.05) is 5.92 Å². The molecule has 0 N–H and O–H groups in total. The molecule has 0 amide bonds. The molecule has 1 nitrogen and oxygen atoms in total. The summed E-state index contributed by atoms with van der Waals surface area (Å²) >= 11 is -0.155. The van der Waals surface area contributed by atoms with Gasteiger partial charge in [0.1, 0.15) is 12.0 Å². The third-order valence-corrected chi connectivity index (χ3v) is 2.08. The second kappa shape index (κ2) is 3.65. The quantitative estimate of drug-likeness (QED) is 0.684. The predicted molar refractivity (Wildman–Crippen MR) is 44.7 cm³/mol. The molecule has 0 bridgehead atoms. The molecule has 13 heavy (non-hydrogen) atoms. The number of rotatable bonds is 2. The van der Waals surface area contributed by atoms with E-state index in [9.17, 15) is 13.2 Å². The van der Waals surface area contributed by atoms with E-state index in [-0.39, 0.29) is 22.6 Å². The highest BCUT2D eigenvalue weighted by atomic mass is 32.2. The van der Waals surface area contributed by atoms with Crippen LogP contribution in [0.1, 0.15) is 25.5 Å². The number of furan rings is 1. The van der Waals surface area contributed by atoms with Crippen molar-refractivity contribution in [2.24, 2.45) is 0 Å². The average molecular weight is 210 g/mol. The molecular formula is C8H9F3OS. The molecule has 0 aliphatic carbocycles. The van der Waals surface area contributed by atoms with Crippen LogP contribution in [0.15, 0.2) is 21.6 Å². The Morgan fingerprint density at radius 2 is 2.00 bits per heavy atom. The van der Waals surface area contributed by atoms with E-state index >= 15 is 0 Å². The maximum atomic E-state index is 11.9. The van der Waals surface area contributed by atoms with E-state index < -0.39 is 5.51 Å². The van der Waals surface area contributed by atoms with Gasteiger partial charge >= 0.3 is 5.51 Å². The SMILES string of the molecule is CC(C)c1cc(SC(F)(F)F)co1. The maximum Gasteiger partial charge on any atom is 0.446 e. The van der Waals surface area contributed by atoms with E-state index in [2.05, 4.69) is 0 Å². The Morgan fingerprint density at radius 1 is 1.38 bits per heavy atom. The summed E-state index contributed by atoms with van der Waals surface area (Å²) in [6, 6.07) is 1.42. The standard InChI is InChI=1S/C8H9F3OS/c1-5(2)7-3-6(4-12-7)13-8(9,10)11/h3-5H,1-2H3. The molecule has 0 fully saturated rings. The Bertz CT molecular complexity index is 277. The first-order chi connectivity index (χ1) is 5.88. The molecule has 74 valence electrons. The molecule has 1 heterocycles. The van der Waals surface area contributed by atoms with Gasteiger partial charge in [-0.2, -0.15) is 13.2 Å². The lowest BCUT2D eigenvalue weighted by Gasteiger charge is -2.01. The molecule has 1 aromatic rings. The molecule has 0 aliphatic rings. The van der Waals surface area contributed by atoms with Crippen LogP contribution in [0.3, 0.4) is 0 Å². The van der Waals surface area contributed by atoms with Crippen LogP contribution in [0.25, 0.3) is 0 Å². The van der Waals surface area contributed by atoms with Crippen molar-refractivity contribution in [3.63, 3.8) is 0 Å². The second-order valence-electron chi connectivity index (χ2n) is 2.89. The van der Waals surface area contributed by atoms with Crippen molar-refractivity contribution < 1.29 is 17.6 Å². The van der Waals surface area contributed by atoms with Gasteiger partial charge in [0.15, 0.2) is 0 Å².